The van der Waals surface area contributed by atoms with Gasteiger partial charge in [0, 0.05) is 18.3 Å². The molecule has 1 heterocycles. The molecular formula is C16H18N2O2. The van der Waals surface area contributed by atoms with E-state index in [0.29, 0.717) is 5.69 Å². The first kappa shape index (κ1) is 14.1. The van der Waals surface area contributed by atoms with Crippen molar-refractivity contribution in [1.29, 1.82) is 0 Å². The summed E-state index contributed by atoms with van der Waals surface area (Å²) >= 11 is 0. The van der Waals surface area contributed by atoms with Crippen LogP contribution in [-0.2, 0) is 0 Å². The van der Waals surface area contributed by atoms with Crippen molar-refractivity contribution in [2.45, 2.75) is 19.9 Å². The van der Waals surface area contributed by atoms with Gasteiger partial charge in [0.2, 0.25) is 0 Å². The van der Waals surface area contributed by atoms with E-state index in [1.165, 1.54) is 0 Å². The van der Waals surface area contributed by atoms with Crippen molar-refractivity contribution in [1.82, 2.24) is 9.88 Å². The van der Waals surface area contributed by atoms with Crippen molar-refractivity contribution in [3.8, 4) is 5.75 Å². The molecule has 0 fully saturated rings. The molecule has 1 atom stereocenters. The maximum atomic E-state index is 12.4. The summed E-state index contributed by atoms with van der Waals surface area (Å²) in [6.45, 7) is 3.73. The highest BCUT2D eigenvalue weighted by atomic mass is 16.3. The highest BCUT2D eigenvalue weighted by Crippen LogP contribution is 2.27. The third-order valence-electron chi connectivity index (χ3n) is 3.40. The smallest absolute Gasteiger partial charge is 0.272 e. The lowest BCUT2D eigenvalue weighted by atomic mass is 10.1. The maximum absolute atomic E-state index is 12.4. The fourth-order valence-corrected chi connectivity index (χ4v) is 2.07. The van der Waals surface area contributed by atoms with Gasteiger partial charge in [-0.15, -0.1) is 0 Å². The second-order valence-corrected chi connectivity index (χ2v) is 4.82. The number of nitrogens with zero attached hydrogens (tertiary/aromatic N) is 2. The first-order valence-electron chi connectivity index (χ1n) is 6.49. The van der Waals surface area contributed by atoms with Gasteiger partial charge in [0.05, 0.1) is 6.04 Å². The molecule has 1 amide bonds. The van der Waals surface area contributed by atoms with E-state index in [1.54, 1.807) is 30.1 Å². The van der Waals surface area contributed by atoms with E-state index in [0.717, 1.165) is 11.3 Å². The van der Waals surface area contributed by atoms with E-state index in [9.17, 15) is 9.90 Å². The highest BCUT2D eigenvalue weighted by molar-refractivity contribution is 5.92. The van der Waals surface area contributed by atoms with Gasteiger partial charge in [-0.05, 0) is 32.0 Å². The molecule has 4 heteroatoms. The zero-order valence-corrected chi connectivity index (χ0v) is 11.9. The molecular weight excluding hydrogens is 252 g/mol. The van der Waals surface area contributed by atoms with Crippen molar-refractivity contribution in [2.24, 2.45) is 0 Å². The first-order valence-corrected chi connectivity index (χ1v) is 6.49. The fourth-order valence-electron chi connectivity index (χ4n) is 2.07. The Labute approximate surface area is 118 Å². The largest absolute Gasteiger partial charge is 0.508 e. The third kappa shape index (κ3) is 2.79. The molecule has 1 aromatic heterocycles. The molecule has 0 aliphatic rings. The predicted octanol–water partition coefficient (Wildman–Crippen LogP) is 2.93. The normalized spacial score (nSPS) is 11.9. The summed E-state index contributed by atoms with van der Waals surface area (Å²) in [7, 11) is 1.71. The first-order chi connectivity index (χ1) is 9.50. The molecule has 0 bridgehead atoms. The Hall–Kier alpha value is -2.36. The van der Waals surface area contributed by atoms with Gasteiger partial charge in [0.15, 0.2) is 0 Å². The number of benzene rings is 1. The number of carbonyl (C=O) groups is 1. The number of carbonyl (C=O) groups excluding carboxylic acids is 1. The predicted molar refractivity (Wildman–Crippen MR) is 77.6 cm³/mol. The van der Waals surface area contributed by atoms with Crippen LogP contribution in [0, 0.1) is 6.92 Å². The lowest BCUT2D eigenvalue weighted by Crippen LogP contribution is -2.30. The lowest BCUT2D eigenvalue weighted by Gasteiger charge is -2.25. The highest BCUT2D eigenvalue weighted by Gasteiger charge is 2.21. The van der Waals surface area contributed by atoms with Crippen molar-refractivity contribution >= 4 is 5.91 Å². The minimum absolute atomic E-state index is 0.163. The minimum Gasteiger partial charge on any atom is -0.508 e. The standard InChI is InChI=1S/C16H18N2O2/c1-11-7-6-9-14(17-11)16(20)18(3)12(2)13-8-4-5-10-15(13)19/h4-10,12,19H,1-3H3. The number of aromatic nitrogens is 1. The van der Waals surface area contributed by atoms with Crippen molar-refractivity contribution in [2.75, 3.05) is 7.05 Å². The Kier molecular flexibility index (Phi) is 4.03. The Bertz CT molecular complexity index is 625. The van der Waals surface area contributed by atoms with E-state index >= 15 is 0 Å². The lowest BCUT2D eigenvalue weighted by molar-refractivity contribution is 0.0735. The number of hydrogen-bond acceptors (Lipinski definition) is 3. The van der Waals surface area contributed by atoms with Gasteiger partial charge in [-0.25, -0.2) is 4.98 Å². The number of hydrogen-bond donors (Lipinski definition) is 1. The second kappa shape index (κ2) is 5.74. The SMILES string of the molecule is Cc1cccc(C(=O)N(C)C(C)c2ccccc2O)n1. The number of aromatic hydroxyl groups is 1. The van der Waals surface area contributed by atoms with Gasteiger partial charge in [-0.2, -0.15) is 0 Å². The molecule has 1 N–H and O–H groups in total. The van der Waals surface area contributed by atoms with Gasteiger partial charge in [0.1, 0.15) is 11.4 Å². The second-order valence-electron chi connectivity index (χ2n) is 4.82. The van der Waals surface area contributed by atoms with Gasteiger partial charge >= 0.3 is 0 Å². The maximum Gasteiger partial charge on any atom is 0.272 e. The van der Waals surface area contributed by atoms with Crippen LogP contribution in [0.5, 0.6) is 5.75 Å². The van der Waals surface area contributed by atoms with Gasteiger partial charge < -0.3 is 10.0 Å². The van der Waals surface area contributed by atoms with Crippen LogP contribution in [0.2, 0.25) is 0 Å². The summed E-state index contributed by atoms with van der Waals surface area (Å²) in [5.74, 6) is 0.0290. The van der Waals surface area contributed by atoms with E-state index in [4.69, 9.17) is 0 Å². The molecule has 0 radical (unpaired) electrons. The van der Waals surface area contributed by atoms with Crippen LogP contribution >= 0.6 is 0 Å². The molecule has 0 aliphatic heterocycles. The molecule has 0 spiro atoms. The number of aryl methyl sites for hydroxylation is 1. The number of amides is 1. The number of para-hydroxylation sites is 1. The Morgan fingerprint density at radius 3 is 2.55 bits per heavy atom. The number of phenolic OH excluding ortho intramolecular Hbond substituents is 1. The average Bonchev–Trinajstić information content (AvgIpc) is 2.45. The molecule has 0 saturated heterocycles. The molecule has 1 aromatic carbocycles. The molecule has 2 aromatic rings. The monoisotopic (exact) mass is 270 g/mol. The number of phenols is 1. The Morgan fingerprint density at radius 1 is 1.20 bits per heavy atom. The number of rotatable bonds is 3. The molecule has 2 rings (SSSR count). The zero-order valence-electron chi connectivity index (χ0n) is 11.9. The Balaban J connectivity index is 2.25. The number of pyridine rings is 1. The van der Waals surface area contributed by atoms with Gasteiger partial charge in [0.25, 0.3) is 5.91 Å². The molecule has 104 valence electrons. The van der Waals surface area contributed by atoms with Crippen LogP contribution in [0.15, 0.2) is 42.5 Å². The summed E-state index contributed by atoms with van der Waals surface area (Å²) in [5.41, 5.74) is 1.94. The van der Waals surface area contributed by atoms with E-state index in [1.807, 2.05) is 38.1 Å². The zero-order chi connectivity index (χ0) is 14.7. The Morgan fingerprint density at radius 2 is 1.90 bits per heavy atom. The topological polar surface area (TPSA) is 53.4 Å². The summed E-state index contributed by atoms with van der Waals surface area (Å²) in [5, 5.41) is 9.87. The molecule has 0 aliphatic carbocycles. The van der Waals surface area contributed by atoms with E-state index in [2.05, 4.69) is 4.98 Å². The molecule has 20 heavy (non-hydrogen) atoms. The van der Waals surface area contributed by atoms with Crippen molar-refractivity contribution in [3.63, 3.8) is 0 Å². The molecule has 4 nitrogen and oxygen atoms in total. The minimum atomic E-state index is -0.231. The van der Waals surface area contributed by atoms with Crippen molar-refractivity contribution < 1.29 is 9.90 Å². The van der Waals surface area contributed by atoms with Crippen LogP contribution in [0.1, 0.15) is 34.7 Å². The van der Waals surface area contributed by atoms with Crippen LogP contribution in [0.3, 0.4) is 0 Å². The quantitative estimate of drug-likeness (QED) is 0.933. The van der Waals surface area contributed by atoms with Crippen LogP contribution in [0.4, 0.5) is 0 Å². The van der Waals surface area contributed by atoms with Crippen LogP contribution in [-0.4, -0.2) is 27.9 Å². The third-order valence-corrected chi connectivity index (χ3v) is 3.40. The molecule has 1 unspecified atom stereocenters. The summed E-state index contributed by atoms with van der Waals surface area (Å²) in [4.78, 5) is 18.2. The van der Waals surface area contributed by atoms with Gasteiger partial charge in [-0.1, -0.05) is 24.3 Å². The van der Waals surface area contributed by atoms with Crippen LogP contribution in [0.25, 0.3) is 0 Å². The van der Waals surface area contributed by atoms with Crippen LogP contribution < -0.4 is 0 Å². The van der Waals surface area contributed by atoms with E-state index in [-0.39, 0.29) is 17.7 Å². The summed E-state index contributed by atoms with van der Waals surface area (Å²) in [6.07, 6.45) is 0. The van der Waals surface area contributed by atoms with Crippen molar-refractivity contribution in [3.05, 3.63) is 59.4 Å². The fraction of sp³-hybridized carbons (Fsp3) is 0.250. The van der Waals surface area contributed by atoms with Gasteiger partial charge in [-0.3, -0.25) is 4.79 Å². The summed E-state index contributed by atoms with van der Waals surface area (Å²) in [6, 6.07) is 12.2. The summed E-state index contributed by atoms with van der Waals surface area (Å²) < 4.78 is 0. The molecule has 0 saturated carbocycles. The average molecular weight is 270 g/mol. The van der Waals surface area contributed by atoms with E-state index < -0.39 is 0 Å².